The van der Waals surface area contributed by atoms with E-state index in [1.807, 2.05) is 12.3 Å². The summed E-state index contributed by atoms with van der Waals surface area (Å²) < 4.78 is 44.0. The molecule has 0 radical (unpaired) electrons. The lowest BCUT2D eigenvalue weighted by Crippen LogP contribution is -2.36. The van der Waals surface area contributed by atoms with Gasteiger partial charge in [0, 0.05) is 45.0 Å². The lowest BCUT2D eigenvalue weighted by molar-refractivity contribution is -0.192. The fourth-order valence-electron chi connectivity index (χ4n) is 3.03. The number of hydrogen-bond acceptors (Lipinski definition) is 6. The molecule has 0 saturated carbocycles. The van der Waals surface area contributed by atoms with Gasteiger partial charge in [-0.05, 0) is 13.0 Å². The number of nitrogens with one attached hydrogen (secondary N) is 1. The standard InChI is InChI=1S/C17H24N4O3.C2HF3O2/c1-13-17-19-15(9-16(22)18-4-8-23-2)11-21(17)6-5-20(13)10-14-3-7-24-12-14;3-2(4,5)1(6)7/h3,7,11-13H,4-6,8-10H2,1-2H3,(H,18,22);(H,6,7). The molecule has 0 spiro atoms. The second-order valence-electron chi connectivity index (χ2n) is 6.88. The smallest absolute Gasteiger partial charge is 0.475 e. The van der Waals surface area contributed by atoms with E-state index in [4.69, 9.17) is 19.1 Å². The number of carbonyl (C=O) groups is 2. The Morgan fingerprint density at radius 1 is 1.39 bits per heavy atom. The fourth-order valence-corrected chi connectivity index (χ4v) is 3.03. The van der Waals surface area contributed by atoms with Crippen molar-refractivity contribution in [2.24, 2.45) is 0 Å². The summed E-state index contributed by atoms with van der Waals surface area (Å²) in [4.78, 5) is 27.9. The van der Waals surface area contributed by atoms with Gasteiger partial charge in [-0.15, -0.1) is 0 Å². The highest BCUT2D eigenvalue weighted by atomic mass is 19.4. The van der Waals surface area contributed by atoms with Crippen molar-refractivity contribution in [3.05, 3.63) is 41.9 Å². The van der Waals surface area contributed by atoms with Crippen molar-refractivity contribution < 1.29 is 37.0 Å². The summed E-state index contributed by atoms with van der Waals surface area (Å²) in [6.45, 7) is 5.88. The molecule has 1 aliphatic rings. The van der Waals surface area contributed by atoms with Crippen LogP contribution >= 0.6 is 0 Å². The Hall–Kier alpha value is -2.86. The number of ether oxygens (including phenoxy) is 1. The fraction of sp³-hybridized carbons (Fsp3) is 0.526. The van der Waals surface area contributed by atoms with Crippen molar-refractivity contribution in [2.75, 3.05) is 26.8 Å². The van der Waals surface area contributed by atoms with Gasteiger partial charge >= 0.3 is 12.1 Å². The summed E-state index contributed by atoms with van der Waals surface area (Å²) in [7, 11) is 1.62. The topological polar surface area (TPSA) is 110 Å². The largest absolute Gasteiger partial charge is 0.490 e. The van der Waals surface area contributed by atoms with Crippen LogP contribution in [0.15, 0.2) is 29.2 Å². The number of carboxylic acid groups (broad SMARTS) is 1. The molecule has 1 aliphatic heterocycles. The van der Waals surface area contributed by atoms with E-state index in [9.17, 15) is 18.0 Å². The molecule has 0 aromatic carbocycles. The predicted molar refractivity (Wildman–Crippen MR) is 102 cm³/mol. The molecular formula is C19H25F3N4O5. The third-order valence-electron chi connectivity index (χ3n) is 4.59. The molecule has 1 unspecified atom stereocenters. The van der Waals surface area contributed by atoms with Gasteiger partial charge in [-0.1, -0.05) is 0 Å². The van der Waals surface area contributed by atoms with Gasteiger partial charge in [0.15, 0.2) is 0 Å². The Labute approximate surface area is 176 Å². The van der Waals surface area contributed by atoms with Crippen LogP contribution in [0.5, 0.6) is 0 Å². The Kier molecular flexibility index (Phi) is 8.63. The highest BCUT2D eigenvalue weighted by Gasteiger charge is 2.38. The Morgan fingerprint density at radius 2 is 2.10 bits per heavy atom. The molecule has 2 N–H and O–H groups in total. The summed E-state index contributed by atoms with van der Waals surface area (Å²) in [6, 6.07) is 2.20. The van der Waals surface area contributed by atoms with Crippen molar-refractivity contribution in [3.8, 4) is 0 Å². The number of nitrogens with zero attached hydrogens (tertiary/aromatic N) is 3. The highest BCUT2D eigenvalue weighted by molar-refractivity contribution is 5.78. The first-order valence-corrected chi connectivity index (χ1v) is 9.48. The first-order valence-electron chi connectivity index (χ1n) is 9.48. The number of aromatic nitrogens is 2. The number of halogens is 3. The third-order valence-corrected chi connectivity index (χ3v) is 4.59. The van der Waals surface area contributed by atoms with Crippen molar-refractivity contribution in [2.45, 2.75) is 38.7 Å². The molecule has 0 aliphatic carbocycles. The molecule has 0 saturated heterocycles. The van der Waals surface area contributed by atoms with Crippen molar-refractivity contribution in [3.63, 3.8) is 0 Å². The molecule has 9 nitrogen and oxygen atoms in total. The van der Waals surface area contributed by atoms with E-state index in [0.717, 1.165) is 31.2 Å². The molecule has 31 heavy (non-hydrogen) atoms. The SMILES string of the molecule is COCCNC(=O)Cc1cn2c(n1)C(C)N(Cc1ccoc1)CC2.O=C(O)C(F)(F)F. The Bertz CT molecular complexity index is 851. The average Bonchev–Trinajstić information content (AvgIpc) is 3.34. The lowest BCUT2D eigenvalue weighted by atomic mass is 10.2. The van der Waals surface area contributed by atoms with Gasteiger partial charge < -0.3 is 24.1 Å². The summed E-state index contributed by atoms with van der Waals surface area (Å²) in [5.74, 6) is -1.76. The molecule has 0 fully saturated rings. The van der Waals surface area contributed by atoms with Gasteiger partial charge in [-0.3, -0.25) is 9.69 Å². The Balaban J connectivity index is 0.000000423. The molecule has 2 aromatic rings. The summed E-state index contributed by atoms with van der Waals surface area (Å²) >= 11 is 0. The maximum Gasteiger partial charge on any atom is 0.490 e. The number of furan rings is 1. The zero-order valence-corrected chi connectivity index (χ0v) is 17.2. The minimum absolute atomic E-state index is 0.0228. The van der Waals surface area contributed by atoms with Gasteiger partial charge in [-0.25, -0.2) is 9.78 Å². The molecule has 2 aromatic heterocycles. The van der Waals surface area contributed by atoms with Crippen LogP contribution in [-0.2, 0) is 33.8 Å². The van der Waals surface area contributed by atoms with E-state index < -0.39 is 12.1 Å². The molecule has 3 rings (SSSR count). The van der Waals surface area contributed by atoms with E-state index in [0.29, 0.717) is 19.6 Å². The van der Waals surface area contributed by atoms with E-state index >= 15 is 0 Å². The molecule has 1 atom stereocenters. The minimum Gasteiger partial charge on any atom is -0.475 e. The van der Waals surface area contributed by atoms with Crippen LogP contribution in [0.4, 0.5) is 13.2 Å². The number of aliphatic carboxylic acids is 1. The van der Waals surface area contributed by atoms with Gasteiger partial charge in [0.05, 0.1) is 37.3 Å². The molecule has 172 valence electrons. The second-order valence-corrected chi connectivity index (χ2v) is 6.88. The maximum absolute atomic E-state index is 11.9. The number of methoxy groups -OCH3 is 1. The predicted octanol–water partition coefficient (Wildman–Crippen LogP) is 1.99. The van der Waals surface area contributed by atoms with Crippen molar-refractivity contribution >= 4 is 11.9 Å². The molecule has 1 amide bonds. The van der Waals surface area contributed by atoms with Crippen LogP contribution in [0.2, 0.25) is 0 Å². The summed E-state index contributed by atoms with van der Waals surface area (Å²) in [5, 5.41) is 9.95. The molecular weight excluding hydrogens is 421 g/mol. The van der Waals surface area contributed by atoms with Gasteiger partial charge in [0.25, 0.3) is 0 Å². The van der Waals surface area contributed by atoms with Gasteiger partial charge in [-0.2, -0.15) is 13.2 Å². The first-order chi connectivity index (χ1) is 14.6. The van der Waals surface area contributed by atoms with Crippen LogP contribution < -0.4 is 5.32 Å². The van der Waals surface area contributed by atoms with Crippen LogP contribution in [0.1, 0.15) is 30.0 Å². The van der Waals surface area contributed by atoms with Gasteiger partial charge in [0.1, 0.15) is 5.82 Å². The van der Waals surface area contributed by atoms with Crippen LogP contribution in [0, 0.1) is 0 Å². The van der Waals surface area contributed by atoms with Crippen LogP contribution in [-0.4, -0.2) is 64.4 Å². The molecule has 0 bridgehead atoms. The number of alkyl halides is 3. The number of hydrogen-bond donors (Lipinski definition) is 2. The normalized spacial score (nSPS) is 16.2. The quantitative estimate of drug-likeness (QED) is 0.626. The van der Waals surface area contributed by atoms with E-state index in [1.54, 1.807) is 19.6 Å². The number of amides is 1. The maximum atomic E-state index is 11.9. The third kappa shape index (κ3) is 7.40. The minimum atomic E-state index is -5.08. The highest BCUT2D eigenvalue weighted by Crippen LogP contribution is 2.26. The second kappa shape index (κ2) is 11.0. The van der Waals surface area contributed by atoms with Gasteiger partial charge in [0.2, 0.25) is 5.91 Å². The zero-order chi connectivity index (χ0) is 23.0. The first kappa shape index (κ1) is 24.4. The van der Waals surface area contributed by atoms with Crippen molar-refractivity contribution in [1.82, 2.24) is 19.8 Å². The molecule has 3 heterocycles. The van der Waals surface area contributed by atoms with E-state index in [-0.39, 0.29) is 11.9 Å². The van der Waals surface area contributed by atoms with E-state index in [2.05, 4.69) is 26.7 Å². The average molecular weight is 446 g/mol. The van der Waals surface area contributed by atoms with Crippen LogP contribution in [0.25, 0.3) is 0 Å². The monoisotopic (exact) mass is 446 g/mol. The Morgan fingerprint density at radius 3 is 2.68 bits per heavy atom. The molecule has 12 heteroatoms. The lowest BCUT2D eigenvalue weighted by Gasteiger charge is -2.33. The number of fused-ring (bicyclic) bond motifs is 1. The number of carbonyl (C=O) groups excluding carboxylic acids is 1. The van der Waals surface area contributed by atoms with Crippen molar-refractivity contribution in [1.29, 1.82) is 0 Å². The van der Waals surface area contributed by atoms with E-state index in [1.165, 1.54) is 5.56 Å². The number of carboxylic acids is 1. The zero-order valence-electron chi connectivity index (χ0n) is 17.2. The number of imidazole rings is 1. The summed E-state index contributed by atoms with van der Waals surface area (Å²) in [6.07, 6.45) is 0.698. The summed E-state index contributed by atoms with van der Waals surface area (Å²) in [5.41, 5.74) is 1.98. The van der Waals surface area contributed by atoms with Crippen LogP contribution in [0.3, 0.4) is 0 Å². The number of rotatable bonds is 7.